The van der Waals surface area contributed by atoms with Crippen LogP contribution in [0.1, 0.15) is 25.1 Å². The van der Waals surface area contributed by atoms with Crippen molar-refractivity contribution in [1.29, 1.82) is 0 Å². The Morgan fingerprint density at radius 3 is 2.68 bits per heavy atom. The van der Waals surface area contributed by atoms with Crippen LogP contribution in [0.5, 0.6) is 0 Å². The van der Waals surface area contributed by atoms with Crippen molar-refractivity contribution in [1.82, 2.24) is 10.6 Å². The Kier molecular flexibility index (Phi) is 5.83. The van der Waals surface area contributed by atoms with Gasteiger partial charge in [0.25, 0.3) is 0 Å². The number of rotatable bonds is 8. The van der Waals surface area contributed by atoms with Crippen LogP contribution in [0.4, 0.5) is 0 Å². The zero-order valence-electron chi connectivity index (χ0n) is 11.9. The normalized spacial score (nSPS) is 11.5. The summed E-state index contributed by atoms with van der Waals surface area (Å²) in [6, 6.07) is 10.9. The maximum atomic E-state index is 3.52. The Bertz CT molecular complexity index is 457. The van der Waals surface area contributed by atoms with Crippen LogP contribution >= 0.6 is 11.3 Å². The SMILES string of the molecule is CC(C)CNCCCNCc1cc2ccccc2s1. The first-order valence-corrected chi connectivity index (χ1v) is 7.96. The van der Waals surface area contributed by atoms with Crippen LogP contribution in [0, 0.1) is 5.92 Å². The quantitative estimate of drug-likeness (QED) is 0.720. The van der Waals surface area contributed by atoms with Gasteiger partial charge in [-0.05, 0) is 49.5 Å². The monoisotopic (exact) mass is 276 g/mol. The molecule has 2 rings (SSSR count). The Labute approximate surface area is 120 Å². The molecule has 19 heavy (non-hydrogen) atoms. The van der Waals surface area contributed by atoms with Gasteiger partial charge in [0.1, 0.15) is 0 Å². The van der Waals surface area contributed by atoms with E-state index in [9.17, 15) is 0 Å². The molecule has 0 aliphatic heterocycles. The maximum absolute atomic E-state index is 3.52. The van der Waals surface area contributed by atoms with Crippen molar-refractivity contribution in [3.8, 4) is 0 Å². The predicted molar refractivity (Wildman–Crippen MR) is 85.9 cm³/mol. The largest absolute Gasteiger partial charge is 0.316 e. The minimum absolute atomic E-state index is 0.742. The highest BCUT2D eigenvalue weighted by atomic mass is 32.1. The number of hydrogen-bond acceptors (Lipinski definition) is 3. The molecular formula is C16H24N2S. The summed E-state index contributed by atoms with van der Waals surface area (Å²) in [4.78, 5) is 1.43. The van der Waals surface area contributed by atoms with Gasteiger partial charge < -0.3 is 10.6 Å². The summed E-state index contributed by atoms with van der Waals surface area (Å²) in [6.07, 6.45) is 1.19. The van der Waals surface area contributed by atoms with E-state index in [1.165, 1.54) is 21.4 Å². The summed E-state index contributed by atoms with van der Waals surface area (Å²) in [5, 5.41) is 8.35. The van der Waals surface area contributed by atoms with Crippen molar-refractivity contribution in [2.45, 2.75) is 26.8 Å². The average molecular weight is 276 g/mol. The first-order valence-electron chi connectivity index (χ1n) is 7.14. The topological polar surface area (TPSA) is 24.1 Å². The molecule has 0 saturated carbocycles. The van der Waals surface area contributed by atoms with Gasteiger partial charge in [-0.1, -0.05) is 32.0 Å². The summed E-state index contributed by atoms with van der Waals surface area (Å²) in [7, 11) is 0. The molecule has 0 radical (unpaired) electrons. The van der Waals surface area contributed by atoms with Crippen LogP contribution in [-0.2, 0) is 6.54 Å². The van der Waals surface area contributed by atoms with Crippen LogP contribution in [0.2, 0.25) is 0 Å². The molecule has 0 amide bonds. The predicted octanol–water partition coefficient (Wildman–Crippen LogP) is 3.63. The molecule has 0 atom stereocenters. The van der Waals surface area contributed by atoms with E-state index < -0.39 is 0 Å². The molecule has 1 aromatic carbocycles. The van der Waals surface area contributed by atoms with E-state index in [1.54, 1.807) is 0 Å². The van der Waals surface area contributed by atoms with Crippen molar-refractivity contribution >= 4 is 21.4 Å². The van der Waals surface area contributed by atoms with Crippen molar-refractivity contribution in [3.63, 3.8) is 0 Å². The molecule has 2 nitrogen and oxygen atoms in total. The van der Waals surface area contributed by atoms with Crippen LogP contribution in [-0.4, -0.2) is 19.6 Å². The standard InChI is InChI=1S/C16H24N2S/c1-13(2)11-17-8-5-9-18-12-15-10-14-6-3-4-7-16(14)19-15/h3-4,6-7,10,13,17-18H,5,8-9,11-12H2,1-2H3. The van der Waals surface area contributed by atoms with Gasteiger partial charge in [0.2, 0.25) is 0 Å². The van der Waals surface area contributed by atoms with E-state index in [2.05, 4.69) is 54.8 Å². The fraction of sp³-hybridized carbons (Fsp3) is 0.500. The highest BCUT2D eigenvalue weighted by molar-refractivity contribution is 7.19. The molecule has 3 heteroatoms. The van der Waals surface area contributed by atoms with Gasteiger partial charge in [0.15, 0.2) is 0 Å². The molecule has 0 saturated heterocycles. The lowest BCUT2D eigenvalue weighted by Crippen LogP contribution is -2.24. The minimum Gasteiger partial charge on any atom is -0.316 e. The number of benzene rings is 1. The lowest BCUT2D eigenvalue weighted by Gasteiger charge is -2.07. The third-order valence-corrected chi connectivity index (χ3v) is 4.15. The van der Waals surface area contributed by atoms with Crippen molar-refractivity contribution in [3.05, 3.63) is 35.2 Å². The van der Waals surface area contributed by atoms with Gasteiger partial charge in [-0.25, -0.2) is 0 Å². The average Bonchev–Trinajstić information content (AvgIpc) is 2.79. The molecule has 2 N–H and O–H groups in total. The van der Waals surface area contributed by atoms with Crippen LogP contribution < -0.4 is 10.6 Å². The number of fused-ring (bicyclic) bond motifs is 1. The van der Waals surface area contributed by atoms with E-state index in [-0.39, 0.29) is 0 Å². The van der Waals surface area contributed by atoms with Crippen LogP contribution in [0.25, 0.3) is 10.1 Å². The Morgan fingerprint density at radius 1 is 1.11 bits per heavy atom. The second-order valence-corrected chi connectivity index (χ2v) is 6.55. The third kappa shape index (κ3) is 4.94. The highest BCUT2D eigenvalue weighted by Crippen LogP contribution is 2.24. The van der Waals surface area contributed by atoms with Gasteiger partial charge in [0.05, 0.1) is 0 Å². The number of thiophene rings is 1. The lowest BCUT2D eigenvalue weighted by atomic mass is 10.2. The molecular weight excluding hydrogens is 252 g/mol. The Balaban J connectivity index is 1.63. The lowest BCUT2D eigenvalue weighted by molar-refractivity contribution is 0.531. The number of nitrogens with one attached hydrogen (secondary N) is 2. The molecule has 1 heterocycles. The molecule has 0 fully saturated rings. The second-order valence-electron chi connectivity index (χ2n) is 5.38. The van der Waals surface area contributed by atoms with E-state index in [1.807, 2.05) is 11.3 Å². The molecule has 0 spiro atoms. The fourth-order valence-electron chi connectivity index (χ4n) is 2.06. The zero-order valence-corrected chi connectivity index (χ0v) is 12.7. The molecule has 0 unspecified atom stereocenters. The Hall–Kier alpha value is -0.900. The second kappa shape index (κ2) is 7.63. The maximum Gasteiger partial charge on any atom is 0.0346 e. The van der Waals surface area contributed by atoms with Gasteiger partial charge in [-0.2, -0.15) is 0 Å². The smallest absolute Gasteiger partial charge is 0.0346 e. The summed E-state index contributed by atoms with van der Waals surface area (Å²) < 4.78 is 1.39. The minimum atomic E-state index is 0.742. The highest BCUT2D eigenvalue weighted by Gasteiger charge is 2.00. The molecule has 0 bridgehead atoms. The summed E-state index contributed by atoms with van der Waals surface area (Å²) in [6.45, 7) is 8.79. The van der Waals surface area contributed by atoms with E-state index in [0.717, 1.165) is 32.1 Å². The third-order valence-electron chi connectivity index (χ3n) is 3.04. The van der Waals surface area contributed by atoms with Gasteiger partial charge in [-0.15, -0.1) is 11.3 Å². The van der Waals surface area contributed by atoms with Crippen LogP contribution in [0.15, 0.2) is 30.3 Å². The van der Waals surface area contributed by atoms with Crippen molar-refractivity contribution in [2.24, 2.45) is 5.92 Å². The summed E-state index contributed by atoms with van der Waals surface area (Å²) in [5.41, 5.74) is 0. The first kappa shape index (κ1) is 14.5. The molecule has 1 aromatic heterocycles. The molecule has 104 valence electrons. The number of hydrogen-bond donors (Lipinski definition) is 2. The summed E-state index contributed by atoms with van der Waals surface area (Å²) in [5.74, 6) is 0.742. The van der Waals surface area contributed by atoms with E-state index >= 15 is 0 Å². The molecule has 2 aromatic rings. The van der Waals surface area contributed by atoms with Crippen LogP contribution in [0.3, 0.4) is 0 Å². The van der Waals surface area contributed by atoms with Crippen molar-refractivity contribution in [2.75, 3.05) is 19.6 Å². The molecule has 0 aliphatic carbocycles. The van der Waals surface area contributed by atoms with Gasteiger partial charge in [-0.3, -0.25) is 0 Å². The Morgan fingerprint density at radius 2 is 1.89 bits per heavy atom. The first-order chi connectivity index (χ1) is 9.25. The van der Waals surface area contributed by atoms with E-state index in [0.29, 0.717) is 0 Å². The van der Waals surface area contributed by atoms with Crippen molar-refractivity contribution < 1.29 is 0 Å². The van der Waals surface area contributed by atoms with Gasteiger partial charge >= 0.3 is 0 Å². The van der Waals surface area contributed by atoms with Gasteiger partial charge in [0, 0.05) is 16.1 Å². The zero-order chi connectivity index (χ0) is 13.5. The molecule has 0 aliphatic rings. The fourth-order valence-corrected chi connectivity index (χ4v) is 3.10. The van der Waals surface area contributed by atoms with E-state index in [4.69, 9.17) is 0 Å². The summed E-state index contributed by atoms with van der Waals surface area (Å²) >= 11 is 1.89.